The van der Waals surface area contributed by atoms with Gasteiger partial charge in [-0.2, -0.15) is 0 Å². The van der Waals surface area contributed by atoms with Gasteiger partial charge in [0.25, 0.3) is 17.7 Å². The molecule has 1 heterocycles. The summed E-state index contributed by atoms with van der Waals surface area (Å²) in [6.45, 7) is -0.583. The molecule has 0 radical (unpaired) electrons. The van der Waals surface area contributed by atoms with E-state index in [0.29, 0.717) is 17.2 Å². The smallest absolute Gasteiger partial charge is 0.342 e. The first-order chi connectivity index (χ1) is 14.8. The lowest BCUT2D eigenvalue weighted by Gasteiger charge is -2.13. The number of carbonyl (C=O) groups is 4. The molecule has 31 heavy (non-hydrogen) atoms. The maximum absolute atomic E-state index is 12.5. The van der Waals surface area contributed by atoms with E-state index in [-0.39, 0.29) is 22.4 Å². The normalized spacial score (nSPS) is 12.3. The fraction of sp³-hybridized carbons (Fsp3) is 0.238. The average molecular weight is 428 g/mol. The maximum atomic E-state index is 12.5. The highest BCUT2D eigenvalue weighted by Crippen LogP contribution is 2.35. The van der Waals surface area contributed by atoms with Crippen LogP contribution in [0.15, 0.2) is 30.3 Å². The van der Waals surface area contributed by atoms with E-state index in [9.17, 15) is 19.2 Å². The Bertz CT molecular complexity index is 1080. The molecule has 2 aromatic rings. The number of fused-ring (bicyclic) bond motifs is 1. The van der Waals surface area contributed by atoms with E-state index < -0.39 is 30.3 Å². The number of carbonyl (C=O) groups excluding carboxylic acids is 4. The van der Waals surface area contributed by atoms with Crippen molar-refractivity contribution in [1.82, 2.24) is 4.90 Å². The van der Waals surface area contributed by atoms with E-state index in [1.54, 1.807) is 0 Å². The summed E-state index contributed by atoms with van der Waals surface area (Å²) in [5, 5.41) is 2.52. The molecule has 162 valence electrons. The van der Waals surface area contributed by atoms with Crippen molar-refractivity contribution in [2.24, 2.45) is 0 Å². The SMILES string of the molecule is COc1cc(OC)c(C(=O)OCC(=O)Nc2ccc3c(c2)C(=O)N(C)C3=O)cc1OC. The minimum atomic E-state index is -0.802. The van der Waals surface area contributed by atoms with Crippen LogP contribution in [0.1, 0.15) is 31.1 Å². The average Bonchev–Trinajstić information content (AvgIpc) is 3.00. The van der Waals surface area contributed by atoms with Gasteiger partial charge in [-0.3, -0.25) is 19.3 Å². The predicted molar refractivity (Wildman–Crippen MR) is 108 cm³/mol. The van der Waals surface area contributed by atoms with Crippen molar-refractivity contribution < 1.29 is 38.1 Å². The summed E-state index contributed by atoms with van der Waals surface area (Å²) in [6, 6.07) is 7.19. The number of esters is 1. The highest BCUT2D eigenvalue weighted by atomic mass is 16.5. The molecule has 0 aromatic heterocycles. The van der Waals surface area contributed by atoms with Crippen LogP contribution in [0, 0.1) is 0 Å². The van der Waals surface area contributed by atoms with Crippen LogP contribution < -0.4 is 19.5 Å². The number of ether oxygens (including phenoxy) is 4. The number of hydrogen-bond donors (Lipinski definition) is 1. The highest BCUT2D eigenvalue weighted by molar-refractivity contribution is 6.21. The van der Waals surface area contributed by atoms with Crippen LogP contribution in [0.25, 0.3) is 0 Å². The van der Waals surface area contributed by atoms with E-state index in [4.69, 9.17) is 18.9 Å². The third kappa shape index (κ3) is 4.13. The fourth-order valence-electron chi connectivity index (χ4n) is 3.03. The molecule has 0 bridgehead atoms. The van der Waals surface area contributed by atoms with Gasteiger partial charge in [-0.1, -0.05) is 0 Å². The Balaban J connectivity index is 1.68. The van der Waals surface area contributed by atoms with E-state index in [0.717, 1.165) is 4.90 Å². The monoisotopic (exact) mass is 428 g/mol. The Kier molecular flexibility index (Phi) is 6.10. The number of anilines is 1. The van der Waals surface area contributed by atoms with Crippen molar-refractivity contribution in [3.63, 3.8) is 0 Å². The number of methoxy groups -OCH3 is 3. The van der Waals surface area contributed by atoms with Crippen molar-refractivity contribution >= 4 is 29.4 Å². The number of imide groups is 1. The lowest BCUT2D eigenvalue weighted by atomic mass is 10.1. The molecule has 0 fully saturated rings. The molecule has 0 saturated carbocycles. The molecule has 1 aliphatic heterocycles. The summed E-state index contributed by atoms with van der Waals surface area (Å²) in [6.07, 6.45) is 0. The molecule has 10 nitrogen and oxygen atoms in total. The van der Waals surface area contributed by atoms with Gasteiger partial charge in [-0.25, -0.2) is 4.79 Å². The predicted octanol–water partition coefficient (Wildman–Crippen LogP) is 1.73. The topological polar surface area (TPSA) is 120 Å². The van der Waals surface area contributed by atoms with Gasteiger partial charge < -0.3 is 24.3 Å². The van der Waals surface area contributed by atoms with Crippen LogP contribution in [-0.2, 0) is 9.53 Å². The number of amides is 3. The van der Waals surface area contributed by atoms with Crippen molar-refractivity contribution in [2.45, 2.75) is 0 Å². The second-order valence-electron chi connectivity index (χ2n) is 6.46. The molecule has 1 aliphatic rings. The summed E-state index contributed by atoms with van der Waals surface area (Å²) >= 11 is 0. The molecule has 2 aromatic carbocycles. The number of nitrogens with one attached hydrogen (secondary N) is 1. The van der Waals surface area contributed by atoms with Gasteiger partial charge in [0.1, 0.15) is 11.3 Å². The lowest BCUT2D eigenvalue weighted by molar-refractivity contribution is -0.119. The number of nitrogens with zero attached hydrogens (tertiary/aromatic N) is 1. The van der Waals surface area contributed by atoms with Crippen LogP contribution >= 0.6 is 0 Å². The molecule has 0 spiro atoms. The second kappa shape index (κ2) is 8.74. The third-order valence-electron chi connectivity index (χ3n) is 4.63. The summed E-state index contributed by atoms with van der Waals surface area (Å²) < 4.78 is 20.6. The molecule has 0 atom stereocenters. The van der Waals surface area contributed by atoms with Crippen molar-refractivity contribution in [3.8, 4) is 17.2 Å². The van der Waals surface area contributed by atoms with Crippen molar-refractivity contribution in [3.05, 3.63) is 47.0 Å². The second-order valence-corrected chi connectivity index (χ2v) is 6.46. The number of hydrogen-bond acceptors (Lipinski definition) is 8. The maximum Gasteiger partial charge on any atom is 0.342 e. The summed E-state index contributed by atoms with van der Waals surface area (Å²) in [5.41, 5.74) is 0.799. The largest absolute Gasteiger partial charge is 0.496 e. The molecule has 0 unspecified atom stereocenters. The Labute approximate surface area is 177 Å². The minimum Gasteiger partial charge on any atom is -0.496 e. The lowest BCUT2D eigenvalue weighted by Crippen LogP contribution is -2.24. The molecule has 0 saturated heterocycles. The summed E-state index contributed by atoms with van der Waals surface area (Å²) in [7, 11) is 5.62. The molecule has 1 N–H and O–H groups in total. The highest BCUT2D eigenvalue weighted by Gasteiger charge is 2.32. The first-order valence-electron chi connectivity index (χ1n) is 9.04. The Morgan fingerprint density at radius 1 is 0.871 bits per heavy atom. The van der Waals surface area contributed by atoms with E-state index in [1.165, 1.54) is 58.7 Å². The van der Waals surface area contributed by atoms with Gasteiger partial charge in [-0.05, 0) is 18.2 Å². The fourth-order valence-corrected chi connectivity index (χ4v) is 3.03. The first-order valence-corrected chi connectivity index (χ1v) is 9.04. The van der Waals surface area contributed by atoms with Gasteiger partial charge in [0.15, 0.2) is 18.1 Å². The van der Waals surface area contributed by atoms with Crippen molar-refractivity contribution in [1.29, 1.82) is 0 Å². The van der Waals surface area contributed by atoms with Crippen LogP contribution in [0.2, 0.25) is 0 Å². The molecule has 3 rings (SSSR count). The van der Waals surface area contributed by atoms with Crippen molar-refractivity contribution in [2.75, 3.05) is 40.3 Å². The molecule has 3 amide bonds. The zero-order chi connectivity index (χ0) is 22.7. The number of benzene rings is 2. The zero-order valence-electron chi connectivity index (χ0n) is 17.3. The quantitative estimate of drug-likeness (QED) is 0.523. The first kappa shape index (κ1) is 21.6. The Morgan fingerprint density at radius 3 is 2.13 bits per heavy atom. The van der Waals surface area contributed by atoms with Gasteiger partial charge in [0, 0.05) is 24.9 Å². The van der Waals surface area contributed by atoms with Gasteiger partial charge >= 0.3 is 5.97 Å². The molecule has 10 heteroatoms. The van der Waals surface area contributed by atoms with E-state index >= 15 is 0 Å². The van der Waals surface area contributed by atoms with E-state index in [2.05, 4.69) is 5.32 Å². The van der Waals surface area contributed by atoms with E-state index in [1.807, 2.05) is 0 Å². The van der Waals surface area contributed by atoms with Gasteiger partial charge in [-0.15, -0.1) is 0 Å². The Morgan fingerprint density at radius 2 is 1.48 bits per heavy atom. The zero-order valence-corrected chi connectivity index (χ0v) is 17.3. The number of rotatable bonds is 7. The van der Waals surface area contributed by atoms with Crippen LogP contribution in [0.4, 0.5) is 5.69 Å². The standard InChI is InChI=1S/C21H20N2O8/c1-23-19(25)12-6-5-11(7-13(12)20(23)26)22-18(24)10-31-21(27)14-8-16(29-3)17(30-4)9-15(14)28-2/h5-9H,10H2,1-4H3,(H,22,24). The van der Waals surface area contributed by atoms with Crippen LogP contribution in [-0.4, -0.2) is 63.6 Å². The van der Waals surface area contributed by atoms with Gasteiger partial charge in [0.05, 0.1) is 32.5 Å². The summed E-state index contributed by atoms with van der Waals surface area (Å²) in [5.74, 6) is -1.44. The third-order valence-corrected chi connectivity index (χ3v) is 4.63. The Hall–Kier alpha value is -4.08. The molecular weight excluding hydrogens is 408 g/mol. The molecular formula is C21H20N2O8. The van der Waals surface area contributed by atoms with Crippen LogP contribution in [0.3, 0.4) is 0 Å². The van der Waals surface area contributed by atoms with Gasteiger partial charge in [0.2, 0.25) is 0 Å². The van der Waals surface area contributed by atoms with Crippen LogP contribution in [0.5, 0.6) is 17.2 Å². The molecule has 0 aliphatic carbocycles. The summed E-state index contributed by atoms with van der Waals surface area (Å²) in [4.78, 5) is 49.6. The minimum absolute atomic E-state index is 0.0534.